The number of sulfonamides is 1. The molecule has 20 heavy (non-hydrogen) atoms. The molecule has 0 saturated carbocycles. The van der Waals surface area contributed by atoms with Crippen molar-refractivity contribution in [2.24, 2.45) is 0 Å². The summed E-state index contributed by atoms with van der Waals surface area (Å²) in [6, 6.07) is 7.52. The molecule has 1 rings (SSSR count). The van der Waals surface area contributed by atoms with Gasteiger partial charge in [0.25, 0.3) is 0 Å². The Morgan fingerprint density at radius 1 is 1.35 bits per heavy atom. The molecule has 0 unspecified atom stereocenters. The van der Waals surface area contributed by atoms with Gasteiger partial charge in [0.2, 0.25) is 10.0 Å². The predicted molar refractivity (Wildman–Crippen MR) is 87.5 cm³/mol. The van der Waals surface area contributed by atoms with Gasteiger partial charge in [0.05, 0.1) is 5.75 Å². The van der Waals surface area contributed by atoms with Crippen molar-refractivity contribution in [1.82, 2.24) is 4.31 Å². The third kappa shape index (κ3) is 5.34. The van der Waals surface area contributed by atoms with Crippen LogP contribution in [0.2, 0.25) is 0 Å². The van der Waals surface area contributed by atoms with Crippen LogP contribution >= 0.6 is 11.8 Å². The van der Waals surface area contributed by atoms with E-state index in [9.17, 15) is 8.42 Å². The van der Waals surface area contributed by atoms with Gasteiger partial charge >= 0.3 is 0 Å². The zero-order valence-electron chi connectivity index (χ0n) is 12.4. The number of rotatable bonds is 8. The standard InChI is InChI=1S/C14H24N2O2S2/c1-4-8-16(12(2)3)20(17,18)10-9-19-14-7-5-6-13(15)11-14/h5-7,11-12H,4,8-10,15H2,1-3H3. The van der Waals surface area contributed by atoms with Crippen LogP contribution < -0.4 is 5.73 Å². The first-order valence-corrected chi connectivity index (χ1v) is 9.44. The first-order chi connectivity index (χ1) is 9.36. The fourth-order valence-corrected chi connectivity index (χ4v) is 5.07. The number of hydrogen-bond donors (Lipinski definition) is 1. The maximum Gasteiger partial charge on any atom is 0.215 e. The zero-order chi connectivity index (χ0) is 15.2. The number of anilines is 1. The molecular formula is C14H24N2O2S2. The molecule has 0 spiro atoms. The molecule has 0 aliphatic carbocycles. The van der Waals surface area contributed by atoms with Gasteiger partial charge in [-0.1, -0.05) is 13.0 Å². The molecular weight excluding hydrogens is 292 g/mol. The molecule has 4 nitrogen and oxygen atoms in total. The van der Waals surface area contributed by atoms with Crippen LogP contribution in [0.15, 0.2) is 29.2 Å². The van der Waals surface area contributed by atoms with E-state index in [0.29, 0.717) is 18.0 Å². The minimum absolute atomic E-state index is 0.0114. The van der Waals surface area contributed by atoms with E-state index in [0.717, 1.165) is 11.3 Å². The lowest BCUT2D eigenvalue weighted by Crippen LogP contribution is -2.39. The molecule has 0 radical (unpaired) electrons. The second-order valence-corrected chi connectivity index (χ2v) is 8.15. The van der Waals surface area contributed by atoms with Crippen molar-refractivity contribution >= 4 is 27.5 Å². The van der Waals surface area contributed by atoms with Crippen LogP contribution in [0.3, 0.4) is 0 Å². The smallest absolute Gasteiger partial charge is 0.215 e. The van der Waals surface area contributed by atoms with Gasteiger partial charge in [-0.25, -0.2) is 8.42 Å². The van der Waals surface area contributed by atoms with Crippen LogP contribution in [-0.2, 0) is 10.0 Å². The van der Waals surface area contributed by atoms with Crippen molar-refractivity contribution in [2.75, 3.05) is 23.8 Å². The lowest BCUT2D eigenvalue weighted by atomic mass is 10.3. The third-order valence-corrected chi connectivity index (χ3v) is 6.14. The zero-order valence-corrected chi connectivity index (χ0v) is 14.0. The van der Waals surface area contributed by atoms with E-state index >= 15 is 0 Å². The second kappa shape index (κ2) is 7.90. The lowest BCUT2D eigenvalue weighted by molar-refractivity contribution is 0.355. The Bertz CT molecular complexity index is 516. The van der Waals surface area contributed by atoms with Crippen LogP contribution in [0.4, 0.5) is 5.69 Å². The van der Waals surface area contributed by atoms with Gasteiger partial charge in [0, 0.05) is 28.9 Å². The Kier molecular flexibility index (Phi) is 6.85. The molecule has 0 aliphatic rings. The third-order valence-electron chi connectivity index (χ3n) is 2.85. The number of nitrogens with two attached hydrogens (primary N) is 1. The van der Waals surface area contributed by atoms with E-state index in [1.54, 1.807) is 4.31 Å². The van der Waals surface area contributed by atoms with Crippen LogP contribution in [0.25, 0.3) is 0 Å². The van der Waals surface area contributed by atoms with Crippen molar-refractivity contribution in [1.29, 1.82) is 0 Å². The highest BCUT2D eigenvalue weighted by molar-refractivity contribution is 8.00. The molecule has 6 heteroatoms. The molecule has 2 N–H and O–H groups in total. The van der Waals surface area contributed by atoms with E-state index in [1.165, 1.54) is 11.8 Å². The maximum atomic E-state index is 12.3. The van der Waals surface area contributed by atoms with Crippen LogP contribution in [0.1, 0.15) is 27.2 Å². The van der Waals surface area contributed by atoms with Crippen LogP contribution in [0, 0.1) is 0 Å². The fourth-order valence-electron chi connectivity index (χ4n) is 1.93. The summed E-state index contributed by atoms with van der Waals surface area (Å²) in [6.07, 6.45) is 0.833. The number of nitrogens with zero attached hydrogens (tertiary/aromatic N) is 1. The van der Waals surface area contributed by atoms with E-state index in [1.807, 2.05) is 45.0 Å². The lowest BCUT2D eigenvalue weighted by Gasteiger charge is -2.25. The molecule has 1 aromatic rings. The molecule has 0 fully saturated rings. The van der Waals surface area contributed by atoms with Gasteiger partial charge in [0.1, 0.15) is 0 Å². The fraction of sp³-hybridized carbons (Fsp3) is 0.571. The average Bonchev–Trinajstić information content (AvgIpc) is 2.35. The normalized spacial score (nSPS) is 12.2. The first-order valence-electron chi connectivity index (χ1n) is 6.84. The van der Waals surface area contributed by atoms with E-state index in [2.05, 4.69) is 0 Å². The summed E-state index contributed by atoms with van der Waals surface area (Å²) in [5.41, 5.74) is 6.41. The van der Waals surface area contributed by atoms with Gasteiger partial charge in [-0.15, -0.1) is 11.8 Å². The van der Waals surface area contributed by atoms with Crippen LogP contribution in [-0.4, -0.2) is 36.8 Å². The Morgan fingerprint density at radius 3 is 2.60 bits per heavy atom. The molecule has 0 aromatic heterocycles. The minimum atomic E-state index is -3.18. The van der Waals surface area contributed by atoms with Crippen molar-refractivity contribution in [3.8, 4) is 0 Å². The maximum absolute atomic E-state index is 12.3. The van der Waals surface area contributed by atoms with Crippen molar-refractivity contribution in [3.63, 3.8) is 0 Å². The Hall–Kier alpha value is -0.720. The SMILES string of the molecule is CCCN(C(C)C)S(=O)(=O)CCSc1cccc(N)c1. The summed E-state index contributed by atoms with van der Waals surface area (Å²) in [4.78, 5) is 1.01. The summed E-state index contributed by atoms with van der Waals surface area (Å²) in [6.45, 7) is 6.41. The number of nitrogen functional groups attached to an aromatic ring is 1. The highest BCUT2D eigenvalue weighted by Crippen LogP contribution is 2.21. The monoisotopic (exact) mass is 316 g/mol. The van der Waals surface area contributed by atoms with Crippen molar-refractivity contribution in [2.45, 2.75) is 38.1 Å². The van der Waals surface area contributed by atoms with Crippen molar-refractivity contribution in [3.05, 3.63) is 24.3 Å². The van der Waals surface area contributed by atoms with Gasteiger partial charge < -0.3 is 5.73 Å². The molecule has 114 valence electrons. The van der Waals surface area contributed by atoms with E-state index in [-0.39, 0.29) is 11.8 Å². The van der Waals surface area contributed by atoms with Crippen LogP contribution in [0.5, 0.6) is 0 Å². The number of hydrogen-bond acceptors (Lipinski definition) is 4. The summed E-state index contributed by atoms with van der Waals surface area (Å²) in [5.74, 6) is 0.698. The Labute approximate surface area is 126 Å². The highest BCUT2D eigenvalue weighted by atomic mass is 32.2. The van der Waals surface area contributed by atoms with Gasteiger partial charge in [-0.2, -0.15) is 4.31 Å². The summed E-state index contributed by atoms with van der Waals surface area (Å²) >= 11 is 1.52. The summed E-state index contributed by atoms with van der Waals surface area (Å²) in [7, 11) is -3.18. The molecule has 0 aliphatic heterocycles. The van der Waals surface area contributed by atoms with Gasteiger partial charge in [0.15, 0.2) is 0 Å². The molecule has 0 amide bonds. The number of benzene rings is 1. The minimum Gasteiger partial charge on any atom is -0.399 e. The second-order valence-electron chi connectivity index (χ2n) is 4.94. The predicted octanol–water partition coefficient (Wildman–Crippen LogP) is 2.81. The number of thioether (sulfide) groups is 1. The summed E-state index contributed by atoms with van der Waals surface area (Å²) in [5, 5.41) is 0. The molecule has 1 aromatic carbocycles. The quantitative estimate of drug-likeness (QED) is 0.592. The average molecular weight is 316 g/mol. The topological polar surface area (TPSA) is 63.4 Å². The van der Waals surface area contributed by atoms with E-state index in [4.69, 9.17) is 5.73 Å². The largest absolute Gasteiger partial charge is 0.399 e. The van der Waals surface area contributed by atoms with Crippen molar-refractivity contribution < 1.29 is 8.42 Å². The Morgan fingerprint density at radius 2 is 2.05 bits per heavy atom. The molecule has 0 saturated heterocycles. The molecule has 0 bridgehead atoms. The Balaban J connectivity index is 2.58. The highest BCUT2D eigenvalue weighted by Gasteiger charge is 2.23. The molecule has 0 heterocycles. The summed E-state index contributed by atoms with van der Waals surface area (Å²) < 4.78 is 26.2. The first kappa shape index (κ1) is 17.3. The van der Waals surface area contributed by atoms with Gasteiger partial charge in [-0.05, 0) is 38.5 Å². The molecule has 0 atom stereocenters. The van der Waals surface area contributed by atoms with Gasteiger partial charge in [-0.3, -0.25) is 0 Å². The van der Waals surface area contributed by atoms with E-state index < -0.39 is 10.0 Å².